The van der Waals surface area contributed by atoms with Crippen LogP contribution in [0.15, 0.2) is 12.4 Å². The Morgan fingerprint density at radius 3 is 3.08 bits per heavy atom. The number of amides is 2. The second-order valence-electron chi connectivity index (χ2n) is 2.89. The van der Waals surface area contributed by atoms with Crippen molar-refractivity contribution in [1.29, 1.82) is 0 Å². The van der Waals surface area contributed by atoms with E-state index in [1.807, 2.05) is 0 Å². The molecule has 2 heterocycles. The zero-order valence-electron chi connectivity index (χ0n) is 7.18. The zero-order chi connectivity index (χ0) is 9.10. The van der Waals surface area contributed by atoms with E-state index in [0.717, 1.165) is 13.1 Å². The van der Waals surface area contributed by atoms with Gasteiger partial charge in [0.2, 0.25) is 0 Å². The minimum absolute atomic E-state index is 0.0140. The highest BCUT2D eigenvalue weighted by molar-refractivity contribution is 5.76. The SMILES string of the molecule is O=C1NCCN1CCn1ccnn1. The molecule has 6 heteroatoms. The highest BCUT2D eigenvalue weighted by Crippen LogP contribution is 1.96. The lowest BCUT2D eigenvalue weighted by Gasteiger charge is -2.12. The first-order valence-corrected chi connectivity index (χ1v) is 4.23. The van der Waals surface area contributed by atoms with Crippen molar-refractivity contribution < 1.29 is 4.79 Å². The average molecular weight is 181 g/mol. The van der Waals surface area contributed by atoms with E-state index in [9.17, 15) is 4.79 Å². The largest absolute Gasteiger partial charge is 0.336 e. The summed E-state index contributed by atoms with van der Waals surface area (Å²) in [7, 11) is 0. The highest BCUT2D eigenvalue weighted by Gasteiger charge is 2.18. The first-order chi connectivity index (χ1) is 6.36. The monoisotopic (exact) mass is 181 g/mol. The van der Waals surface area contributed by atoms with Crippen molar-refractivity contribution in [3.05, 3.63) is 12.4 Å². The number of urea groups is 1. The molecule has 2 rings (SSSR count). The quantitative estimate of drug-likeness (QED) is 0.671. The van der Waals surface area contributed by atoms with Crippen LogP contribution in [0.5, 0.6) is 0 Å². The molecule has 6 nitrogen and oxygen atoms in total. The number of rotatable bonds is 3. The van der Waals surface area contributed by atoms with Gasteiger partial charge in [0.1, 0.15) is 0 Å². The molecule has 0 aliphatic carbocycles. The fourth-order valence-electron chi connectivity index (χ4n) is 1.30. The number of hydrogen-bond donors (Lipinski definition) is 1. The van der Waals surface area contributed by atoms with Gasteiger partial charge in [0, 0.05) is 25.8 Å². The molecule has 1 aliphatic rings. The molecule has 1 saturated heterocycles. The molecule has 0 unspecified atom stereocenters. The van der Waals surface area contributed by atoms with Gasteiger partial charge in [-0.25, -0.2) is 4.79 Å². The number of aromatic nitrogens is 3. The summed E-state index contributed by atoms with van der Waals surface area (Å²) in [5.41, 5.74) is 0. The van der Waals surface area contributed by atoms with E-state index in [4.69, 9.17) is 0 Å². The van der Waals surface area contributed by atoms with Gasteiger partial charge in [-0.1, -0.05) is 5.21 Å². The van der Waals surface area contributed by atoms with E-state index >= 15 is 0 Å². The maximum absolute atomic E-state index is 11.1. The molecule has 13 heavy (non-hydrogen) atoms. The maximum atomic E-state index is 11.1. The molecular formula is C7H11N5O. The lowest BCUT2D eigenvalue weighted by Crippen LogP contribution is -2.31. The van der Waals surface area contributed by atoms with Crippen LogP contribution in [-0.4, -0.2) is 45.6 Å². The lowest BCUT2D eigenvalue weighted by molar-refractivity contribution is 0.215. The van der Waals surface area contributed by atoms with E-state index in [1.165, 1.54) is 0 Å². The van der Waals surface area contributed by atoms with Crippen LogP contribution in [0.1, 0.15) is 0 Å². The van der Waals surface area contributed by atoms with E-state index in [2.05, 4.69) is 15.6 Å². The third kappa shape index (κ3) is 1.77. The van der Waals surface area contributed by atoms with Crippen LogP contribution in [0.3, 0.4) is 0 Å². The fraction of sp³-hybridized carbons (Fsp3) is 0.571. The van der Waals surface area contributed by atoms with Crippen LogP contribution in [0.25, 0.3) is 0 Å². The zero-order valence-corrected chi connectivity index (χ0v) is 7.18. The van der Waals surface area contributed by atoms with Crippen molar-refractivity contribution in [3.63, 3.8) is 0 Å². The Labute approximate surface area is 75.5 Å². The Bertz CT molecular complexity index is 283. The first-order valence-electron chi connectivity index (χ1n) is 4.23. The van der Waals surface area contributed by atoms with Crippen molar-refractivity contribution in [2.45, 2.75) is 6.54 Å². The van der Waals surface area contributed by atoms with Crippen molar-refractivity contribution in [1.82, 2.24) is 25.2 Å². The Morgan fingerprint density at radius 1 is 1.54 bits per heavy atom. The van der Waals surface area contributed by atoms with Gasteiger partial charge < -0.3 is 10.2 Å². The first kappa shape index (κ1) is 8.03. The van der Waals surface area contributed by atoms with Crippen molar-refractivity contribution in [2.75, 3.05) is 19.6 Å². The Kier molecular flexibility index (Phi) is 2.11. The van der Waals surface area contributed by atoms with Gasteiger partial charge >= 0.3 is 6.03 Å². The number of carbonyl (C=O) groups is 1. The van der Waals surface area contributed by atoms with E-state index in [-0.39, 0.29) is 6.03 Å². The maximum Gasteiger partial charge on any atom is 0.317 e. The Hall–Kier alpha value is -1.59. The van der Waals surface area contributed by atoms with Gasteiger partial charge in [0.05, 0.1) is 12.7 Å². The molecule has 0 aromatic carbocycles. The molecule has 0 saturated carbocycles. The van der Waals surface area contributed by atoms with Crippen molar-refractivity contribution in [2.24, 2.45) is 0 Å². The molecule has 1 fully saturated rings. The van der Waals surface area contributed by atoms with Gasteiger partial charge in [0.15, 0.2) is 0 Å². The van der Waals surface area contributed by atoms with Gasteiger partial charge in [-0.05, 0) is 0 Å². The molecule has 0 bridgehead atoms. The molecule has 1 N–H and O–H groups in total. The summed E-state index contributed by atoms with van der Waals surface area (Å²) in [6.45, 7) is 2.92. The molecule has 1 aromatic rings. The summed E-state index contributed by atoms with van der Waals surface area (Å²) in [5, 5.41) is 10.2. The van der Waals surface area contributed by atoms with E-state index in [0.29, 0.717) is 13.1 Å². The molecule has 1 aliphatic heterocycles. The van der Waals surface area contributed by atoms with Gasteiger partial charge in [0.25, 0.3) is 0 Å². The summed E-state index contributed by atoms with van der Waals surface area (Å²) >= 11 is 0. The van der Waals surface area contributed by atoms with Crippen LogP contribution in [0.4, 0.5) is 4.79 Å². The number of carbonyl (C=O) groups excluding carboxylic acids is 1. The highest BCUT2D eigenvalue weighted by atomic mass is 16.2. The summed E-state index contributed by atoms with van der Waals surface area (Å²) in [4.78, 5) is 12.9. The van der Waals surface area contributed by atoms with E-state index < -0.39 is 0 Å². The Morgan fingerprint density at radius 2 is 2.46 bits per heavy atom. The second-order valence-corrected chi connectivity index (χ2v) is 2.89. The number of nitrogens with one attached hydrogen (secondary N) is 1. The fourth-order valence-corrected chi connectivity index (χ4v) is 1.30. The third-order valence-corrected chi connectivity index (χ3v) is 2.02. The van der Waals surface area contributed by atoms with Crippen LogP contribution in [-0.2, 0) is 6.54 Å². The molecule has 0 radical (unpaired) electrons. The molecule has 0 atom stereocenters. The summed E-state index contributed by atoms with van der Waals surface area (Å²) in [5.74, 6) is 0. The van der Waals surface area contributed by atoms with Crippen LogP contribution < -0.4 is 5.32 Å². The summed E-state index contributed by atoms with van der Waals surface area (Å²) in [6.07, 6.45) is 3.41. The van der Waals surface area contributed by atoms with Crippen molar-refractivity contribution >= 4 is 6.03 Å². The smallest absolute Gasteiger partial charge is 0.317 e. The average Bonchev–Trinajstić information content (AvgIpc) is 2.72. The lowest BCUT2D eigenvalue weighted by atomic mass is 10.5. The van der Waals surface area contributed by atoms with Crippen LogP contribution in [0.2, 0.25) is 0 Å². The number of hydrogen-bond acceptors (Lipinski definition) is 3. The topological polar surface area (TPSA) is 63.1 Å². The Balaban J connectivity index is 1.82. The van der Waals surface area contributed by atoms with Crippen LogP contribution in [0, 0.1) is 0 Å². The molecule has 2 amide bonds. The predicted octanol–water partition coefficient (Wildman–Crippen LogP) is -0.697. The van der Waals surface area contributed by atoms with Crippen LogP contribution >= 0.6 is 0 Å². The molecule has 70 valence electrons. The second kappa shape index (κ2) is 3.42. The molecular weight excluding hydrogens is 170 g/mol. The number of nitrogens with zero attached hydrogens (tertiary/aromatic N) is 4. The van der Waals surface area contributed by atoms with Crippen molar-refractivity contribution in [3.8, 4) is 0 Å². The third-order valence-electron chi connectivity index (χ3n) is 2.02. The molecule has 0 spiro atoms. The standard InChI is InChI=1S/C7H11N5O/c13-7-8-1-3-11(7)5-6-12-4-2-9-10-12/h2,4H,1,3,5-6H2,(H,8,13). The molecule has 1 aromatic heterocycles. The van der Waals surface area contributed by atoms with Gasteiger partial charge in [-0.15, -0.1) is 5.10 Å². The summed E-state index contributed by atoms with van der Waals surface area (Å²) in [6, 6.07) is 0.0140. The van der Waals surface area contributed by atoms with Gasteiger partial charge in [-0.2, -0.15) is 0 Å². The predicted molar refractivity (Wildman–Crippen MR) is 45.0 cm³/mol. The normalized spacial score (nSPS) is 16.3. The van der Waals surface area contributed by atoms with Gasteiger partial charge in [-0.3, -0.25) is 4.68 Å². The minimum atomic E-state index is 0.0140. The minimum Gasteiger partial charge on any atom is -0.336 e. The van der Waals surface area contributed by atoms with E-state index in [1.54, 1.807) is 22.0 Å². The summed E-state index contributed by atoms with van der Waals surface area (Å²) < 4.78 is 1.71.